The van der Waals surface area contributed by atoms with Gasteiger partial charge in [-0.3, -0.25) is 19.2 Å². The second kappa shape index (κ2) is 9.89. The Bertz CT molecular complexity index is 957. The van der Waals surface area contributed by atoms with E-state index in [0.717, 1.165) is 12.8 Å². The van der Waals surface area contributed by atoms with Gasteiger partial charge in [0, 0.05) is 16.6 Å². The minimum Gasteiger partial charge on any atom is -0.454 e. The fourth-order valence-electron chi connectivity index (χ4n) is 2.52. The highest BCUT2D eigenvalue weighted by Gasteiger charge is 2.25. The zero-order valence-corrected chi connectivity index (χ0v) is 16.7. The number of nitrogens with one attached hydrogen (secondary N) is 3. The van der Waals surface area contributed by atoms with Gasteiger partial charge in [0.05, 0.1) is 11.3 Å². The molecular weight excluding hydrogens is 410 g/mol. The summed E-state index contributed by atoms with van der Waals surface area (Å²) in [6.07, 6.45) is 1.90. The van der Waals surface area contributed by atoms with Crippen LogP contribution in [0.1, 0.15) is 33.6 Å². The van der Waals surface area contributed by atoms with Crippen molar-refractivity contribution in [2.75, 3.05) is 18.5 Å². The lowest BCUT2D eigenvalue weighted by Crippen LogP contribution is -2.32. The van der Waals surface area contributed by atoms with E-state index in [1.54, 1.807) is 36.4 Å². The fraction of sp³-hybridized carbons (Fsp3) is 0.238. The third-order valence-electron chi connectivity index (χ3n) is 4.22. The number of halogens is 1. The van der Waals surface area contributed by atoms with Gasteiger partial charge in [-0.1, -0.05) is 23.7 Å². The van der Waals surface area contributed by atoms with Gasteiger partial charge in [-0.25, -0.2) is 0 Å². The second-order valence-electron chi connectivity index (χ2n) is 6.69. The Morgan fingerprint density at radius 3 is 2.37 bits per heavy atom. The predicted octanol–water partition coefficient (Wildman–Crippen LogP) is 2.14. The van der Waals surface area contributed by atoms with E-state index < -0.39 is 30.9 Å². The maximum atomic E-state index is 12.3. The van der Waals surface area contributed by atoms with Gasteiger partial charge in [0.1, 0.15) is 6.54 Å². The molecule has 2 aromatic carbocycles. The number of esters is 1. The number of para-hydroxylation sites is 1. The standard InChI is InChI=1S/C21H20ClN3O5/c22-14-7-5-13(6-8-14)20(28)23-11-19(27)30-12-18(26)25-17-4-2-1-3-16(17)21(29)24-15-9-10-15/h1-8,15H,9-12H2,(H,23,28)(H,24,29)(H,25,26). The van der Waals surface area contributed by atoms with Crippen LogP contribution < -0.4 is 16.0 Å². The van der Waals surface area contributed by atoms with Crippen LogP contribution >= 0.6 is 11.6 Å². The summed E-state index contributed by atoms with van der Waals surface area (Å²) in [5, 5.41) is 8.30. The normalized spacial score (nSPS) is 12.6. The molecule has 156 valence electrons. The molecule has 0 radical (unpaired) electrons. The van der Waals surface area contributed by atoms with Crippen molar-refractivity contribution in [1.29, 1.82) is 0 Å². The number of carbonyl (C=O) groups excluding carboxylic acids is 4. The molecule has 0 spiro atoms. The van der Waals surface area contributed by atoms with Crippen LogP contribution in [0.4, 0.5) is 5.69 Å². The molecule has 3 rings (SSSR count). The van der Waals surface area contributed by atoms with Gasteiger partial charge in [0.15, 0.2) is 6.61 Å². The topological polar surface area (TPSA) is 114 Å². The van der Waals surface area contributed by atoms with Crippen LogP contribution in [0.2, 0.25) is 5.02 Å². The van der Waals surface area contributed by atoms with Crippen LogP contribution in [0.25, 0.3) is 0 Å². The molecule has 1 saturated carbocycles. The smallest absolute Gasteiger partial charge is 0.325 e. The van der Waals surface area contributed by atoms with Gasteiger partial charge < -0.3 is 20.7 Å². The summed E-state index contributed by atoms with van der Waals surface area (Å²) in [6.45, 7) is -0.941. The molecule has 30 heavy (non-hydrogen) atoms. The first-order valence-electron chi connectivity index (χ1n) is 9.31. The van der Waals surface area contributed by atoms with Gasteiger partial charge in [0.25, 0.3) is 17.7 Å². The summed E-state index contributed by atoms with van der Waals surface area (Å²) < 4.78 is 4.87. The third-order valence-corrected chi connectivity index (χ3v) is 4.47. The molecule has 3 amide bonds. The Morgan fingerprint density at radius 1 is 0.967 bits per heavy atom. The van der Waals surface area contributed by atoms with Crippen LogP contribution in [0, 0.1) is 0 Å². The fourth-order valence-corrected chi connectivity index (χ4v) is 2.65. The van der Waals surface area contributed by atoms with Gasteiger partial charge in [-0.2, -0.15) is 0 Å². The van der Waals surface area contributed by atoms with E-state index in [9.17, 15) is 19.2 Å². The molecule has 0 aromatic heterocycles. The molecule has 3 N–H and O–H groups in total. The summed E-state index contributed by atoms with van der Waals surface area (Å²) in [7, 11) is 0. The van der Waals surface area contributed by atoms with Crippen molar-refractivity contribution < 1.29 is 23.9 Å². The third kappa shape index (κ3) is 6.31. The zero-order chi connectivity index (χ0) is 21.5. The van der Waals surface area contributed by atoms with Gasteiger partial charge in [-0.05, 0) is 49.2 Å². The van der Waals surface area contributed by atoms with Crippen molar-refractivity contribution in [2.45, 2.75) is 18.9 Å². The van der Waals surface area contributed by atoms with Crippen molar-refractivity contribution in [3.63, 3.8) is 0 Å². The van der Waals surface area contributed by atoms with E-state index in [2.05, 4.69) is 16.0 Å². The monoisotopic (exact) mass is 429 g/mol. The predicted molar refractivity (Wildman–Crippen MR) is 110 cm³/mol. The lowest BCUT2D eigenvalue weighted by Gasteiger charge is -2.11. The Balaban J connectivity index is 1.44. The molecule has 0 saturated heterocycles. The van der Waals surface area contributed by atoms with Crippen molar-refractivity contribution in [3.8, 4) is 0 Å². The lowest BCUT2D eigenvalue weighted by atomic mass is 10.1. The molecule has 0 unspecified atom stereocenters. The van der Waals surface area contributed by atoms with Crippen molar-refractivity contribution >= 4 is 41.0 Å². The Labute approximate surface area is 177 Å². The van der Waals surface area contributed by atoms with Crippen molar-refractivity contribution in [3.05, 3.63) is 64.7 Å². The molecule has 8 nitrogen and oxygen atoms in total. The van der Waals surface area contributed by atoms with E-state index >= 15 is 0 Å². The number of benzene rings is 2. The number of anilines is 1. The number of carbonyl (C=O) groups is 4. The Morgan fingerprint density at radius 2 is 1.67 bits per heavy atom. The van der Waals surface area contributed by atoms with E-state index in [-0.39, 0.29) is 11.9 Å². The molecule has 0 aliphatic heterocycles. The van der Waals surface area contributed by atoms with Gasteiger partial charge in [-0.15, -0.1) is 0 Å². The molecule has 0 heterocycles. The summed E-state index contributed by atoms with van der Waals surface area (Å²) >= 11 is 5.76. The van der Waals surface area contributed by atoms with E-state index in [1.165, 1.54) is 12.1 Å². The number of hydrogen-bond acceptors (Lipinski definition) is 5. The van der Waals surface area contributed by atoms with Gasteiger partial charge >= 0.3 is 5.97 Å². The molecule has 9 heteroatoms. The maximum Gasteiger partial charge on any atom is 0.325 e. The average molecular weight is 430 g/mol. The Kier molecular flexibility index (Phi) is 7.03. The summed E-state index contributed by atoms with van der Waals surface area (Å²) in [5.74, 6) is -2.11. The SMILES string of the molecule is O=C(COC(=O)CNC(=O)c1ccc(Cl)cc1)Nc1ccccc1C(=O)NC1CC1. The second-order valence-corrected chi connectivity index (χ2v) is 7.13. The first-order valence-corrected chi connectivity index (χ1v) is 9.69. The summed E-state index contributed by atoms with van der Waals surface area (Å²) in [6, 6.07) is 12.9. The van der Waals surface area contributed by atoms with Crippen molar-refractivity contribution in [2.24, 2.45) is 0 Å². The summed E-state index contributed by atoms with van der Waals surface area (Å²) in [4.78, 5) is 48.1. The Hall–Kier alpha value is -3.39. The summed E-state index contributed by atoms with van der Waals surface area (Å²) in [5.41, 5.74) is 0.998. The van der Waals surface area contributed by atoms with Gasteiger partial charge in [0.2, 0.25) is 0 Å². The number of ether oxygens (including phenoxy) is 1. The average Bonchev–Trinajstić information content (AvgIpc) is 3.55. The minimum absolute atomic E-state index is 0.185. The highest BCUT2D eigenvalue weighted by Crippen LogP contribution is 2.21. The van der Waals surface area contributed by atoms with Crippen LogP contribution in [0.5, 0.6) is 0 Å². The largest absolute Gasteiger partial charge is 0.454 e. The molecule has 0 atom stereocenters. The van der Waals surface area contributed by atoms with Crippen LogP contribution in [0.15, 0.2) is 48.5 Å². The van der Waals surface area contributed by atoms with E-state index in [4.69, 9.17) is 16.3 Å². The minimum atomic E-state index is -0.771. The number of hydrogen-bond donors (Lipinski definition) is 3. The number of rotatable bonds is 8. The first-order chi connectivity index (χ1) is 14.4. The zero-order valence-electron chi connectivity index (χ0n) is 15.9. The van der Waals surface area contributed by atoms with Crippen LogP contribution in [-0.4, -0.2) is 42.9 Å². The van der Waals surface area contributed by atoms with Crippen molar-refractivity contribution in [1.82, 2.24) is 10.6 Å². The van der Waals surface area contributed by atoms with Crippen LogP contribution in [-0.2, 0) is 14.3 Å². The molecule has 2 aromatic rings. The number of amides is 3. The highest BCUT2D eigenvalue weighted by atomic mass is 35.5. The van der Waals surface area contributed by atoms with E-state index in [1.807, 2.05) is 0 Å². The van der Waals surface area contributed by atoms with E-state index in [0.29, 0.717) is 21.8 Å². The molecule has 0 bridgehead atoms. The van der Waals surface area contributed by atoms with Crippen LogP contribution in [0.3, 0.4) is 0 Å². The first kappa shape index (κ1) is 21.3. The highest BCUT2D eigenvalue weighted by molar-refractivity contribution is 6.30. The molecular formula is C21H20ClN3O5. The molecule has 1 fully saturated rings. The lowest BCUT2D eigenvalue weighted by molar-refractivity contribution is -0.146. The maximum absolute atomic E-state index is 12.3. The molecule has 1 aliphatic carbocycles. The quantitative estimate of drug-likeness (QED) is 0.556. The molecule has 1 aliphatic rings.